The lowest BCUT2D eigenvalue weighted by atomic mass is 10.1. The highest BCUT2D eigenvalue weighted by Gasteiger charge is 2.26. The van der Waals surface area contributed by atoms with Gasteiger partial charge in [-0.3, -0.25) is 14.3 Å². The van der Waals surface area contributed by atoms with Gasteiger partial charge in [0.15, 0.2) is 0 Å². The number of likely N-dealkylation sites (N-methyl/N-ethyl adjacent to an activating group) is 1. The van der Waals surface area contributed by atoms with Crippen LogP contribution in [-0.2, 0) is 13.1 Å². The van der Waals surface area contributed by atoms with Crippen molar-refractivity contribution in [3.8, 4) is 0 Å². The molecule has 3 aromatic heterocycles. The first kappa shape index (κ1) is 23.3. The van der Waals surface area contributed by atoms with E-state index in [0.717, 1.165) is 36.1 Å². The van der Waals surface area contributed by atoms with E-state index in [1.165, 1.54) is 18.2 Å². The van der Waals surface area contributed by atoms with Gasteiger partial charge >= 0.3 is 0 Å². The van der Waals surface area contributed by atoms with Crippen molar-refractivity contribution in [2.75, 3.05) is 20.1 Å². The monoisotopic (exact) mass is 510 g/mol. The van der Waals surface area contributed by atoms with Crippen LogP contribution in [0, 0.1) is 0 Å². The van der Waals surface area contributed by atoms with Crippen molar-refractivity contribution in [2.24, 2.45) is 0 Å². The molecule has 8 nitrogen and oxygen atoms in total. The van der Waals surface area contributed by atoms with E-state index in [9.17, 15) is 4.79 Å². The molecule has 1 aromatic carbocycles. The minimum absolute atomic E-state index is 0.0890. The van der Waals surface area contributed by atoms with Crippen molar-refractivity contribution in [3.05, 3.63) is 87.1 Å². The number of fused-ring (bicyclic) bond motifs is 1. The number of nitrogens with zero attached hydrogens (tertiary/aromatic N) is 5. The molecule has 1 unspecified atom stereocenters. The molecule has 0 spiro atoms. The molecule has 0 bridgehead atoms. The van der Waals surface area contributed by atoms with Crippen LogP contribution in [0.2, 0.25) is 0 Å². The summed E-state index contributed by atoms with van der Waals surface area (Å²) in [6.07, 6.45) is 7.23. The summed E-state index contributed by atoms with van der Waals surface area (Å²) >= 11 is 3.51. The lowest BCUT2D eigenvalue weighted by molar-refractivity contribution is 0.172. The van der Waals surface area contributed by atoms with Crippen LogP contribution < -0.4 is 10.9 Å². The second-order valence-electron chi connectivity index (χ2n) is 7.87. The maximum absolute atomic E-state index is 13.5. The molecule has 172 valence electrons. The van der Waals surface area contributed by atoms with Crippen LogP contribution in [0.5, 0.6) is 0 Å². The first-order valence-corrected chi connectivity index (χ1v) is 11.7. The van der Waals surface area contributed by atoms with E-state index in [1.54, 1.807) is 23.0 Å². The van der Waals surface area contributed by atoms with Gasteiger partial charge in [-0.2, -0.15) is 4.98 Å². The topological polar surface area (TPSA) is 89.1 Å². The van der Waals surface area contributed by atoms with Crippen LogP contribution in [0.15, 0.2) is 69.0 Å². The van der Waals surface area contributed by atoms with E-state index < -0.39 is 0 Å². The van der Waals surface area contributed by atoms with Crippen LogP contribution in [0.3, 0.4) is 0 Å². The van der Waals surface area contributed by atoms with Gasteiger partial charge < -0.3 is 9.73 Å². The molecule has 0 radical (unpaired) electrons. The largest absolute Gasteiger partial charge is 0.446 e. The molecule has 0 aliphatic rings. The van der Waals surface area contributed by atoms with Crippen molar-refractivity contribution in [1.82, 2.24) is 29.7 Å². The van der Waals surface area contributed by atoms with E-state index >= 15 is 0 Å². The maximum Gasteiger partial charge on any atom is 0.265 e. The van der Waals surface area contributed by atoms with Gasteiger partial charge in [0.2, 0.25) is 5.71 Å². The minimum Gasteiger partial charge on any atom is -0.446 e. The first-order valence-electron chi connectivity index (χ1n) is 11.0. The summed E-state index contributed by atoms with van der Waals surface area (Å²) in [4.78, 5) is 28.9. The van der Waals surface area contributed by atoms with E-state index in [-0.39, 0.29) is 11.6 Å². The molecule has 4 aromatic rings. The summed E-state index contributed by atoms with van der Waals surface area (Å²) in [6.45, 7) is 4.80. The Morgan fingerprint density at radius 1 is 1.15 bits per heavy atom. The van der Waals surface area contributed by atoms with Gasteiger partial charge in [0.1, 0.15) is 17.5 Å². The Bertz CT molecular complexity index is 1240. The van der Waals surface area contributed by atoms with E-state index in [0.29, 0.717) is 23.5 Å². The zero-order chi connectivity index (χ0) is 23.2. The number of rotatable bonds is 10. The minimum atomic E-state index is -0.122. The number of furan rings is 1. The zero-order valence-corrected chi connectivity index (χ0v) is 20.3. The lowest BCUT2D eigenvalue weighted by Gasteiger charge is -2.32. The van der Waals surface area contributed by atoms with Crippen molar-refractivity contribution >= 4 is 27.0 Å². The summed E-state index contributed by atoms with van der Waals surface area (Å²) < 4.78 is 8.33. The van der Waals surface area contributed by atoms with Crippen molar-refractivity contribution in [2.45, 2.75) is 32.5 Å². The Balaban J connectivity index is 1.78. The average molecular weight is 511 g/mol. The Kier molecular flexibility index (Phi) is 7.64. The molecule has 33 heavy (non-hydrogen) atoms. The Labute approximate surface area is 200 Å². The quantitative estimate of drug-likeness (QED) is 0.347. The summed E-state index contributed by atoms with van der Waals surface area (Å²) in [7, 11) is 1.94. The normalized spacial score (nSPS) is 12.5. The van der Waals surface area contributed by atoms with Gasteiger partial charge in [0, 0.05) is 42.1 Å². The van der Waals surface area contributed by atoms with Gasteiger partial charge in [0.05, 0.1) is 18.8 Å². The summed E-state index contributed by atoms with van der Waals surface area (Å²) in [5.41, 5.74) is 2.28. The number of benzene rings is 1. The third-order valence-electron chi connectivity index (χ3n) is 5.64. The third-order valence-corrected chi connectivity index (χ3v) is 6.17. The molecule has 0 saturated heterocycles. The van der Waals surface area contributed by atoms with Gasteiger partial charge in [-0.15, -0.1) is 0 Å². The van der Waals surface area contributed by atoms with Crippen LogP contribution in [0.4, 0.5) is 0 Å². The second kappa shape index (κ2) is 10.8. The Morgan fingerprint density at radius 2 is 1.91 bits per heavy atom. The molecule has 0 aliphatic heterocycles. The Morgan fingerprint density at radius 3 is 2.61 bits per heavy atom. The fourth-order valence-electron chi connectivity index (χ4n) is 3.99. The SMILES string of the molecule is CCC(c1nc2occc2c(=O)n1Cc1cncnc1)N(CCNC)Cc1ccc(Br)cc1. The number of hydrogen-bond acceptors (Lipinski definition) is 7. The van der Waals surface area contributed by atoms with Crippen molar-refractivity contribution < 1.29 is 4.42 Å². The smallest absolute Gasteiger partial charge is 0.265 e. The fourth-order valence-corrected chi connectivity index (χ4v) is 4.26. The molecule has 1 N–H and O–H groups in total. The fraction of sp³-hybridized carbons (Fsp3) is 0.333. The predicted octanol–water partition coefficient (Wildman–Crippen LogP) is 3.76. The molecule has 0 aliphatic carbocycles. The highest BCUT2D eigenvalue weighted by molar-refractivity contribution is 9.10. The standard InChI is InChI=1S/C24H27BrN6O2/c1-3-21(30(10-9-26-2)14-17-4-6-19(25)7-5-17)22-29-23-20(8-11-33-23)24(32)31(22)15-18-12-27-16-28-13-18/h4-8,11-13,16,21,26H,3,9-10,14-15H2,1-2H3. The molecule has 0 fully saturated rings. The summed E-state index contributed by atoms with van der Waals surface area (Å²) in [6, 6.07) is 9.90. The average Bonchev–Trinajstić information content (AvgIpc) is 3.31. The lowest BCUT2D eigenvalue weighted by Crippen LogP contribution is -2.38. The number of aromatic nitrogens is 4. The summed E-state index contributed by atoms with van der Waals surface area (Å²) in [5, 5.41) is 3.71. The van der Waals surface area contributed by atoms with Gasteiger partial charge in [-0.05, 0) is 37.2 Å². The van der Waals surface area contributed by atoms with E-state index in [1.807, 2.05) is 19.2 Å². The van der Waals surface area contributed by atoms with Gasteiger partial charge in [0.25, 0.3) is 5.56 Å². The van der Waals surface area contributed by atoms with Crippen LogP contribution >= 0.6 is 15.9 Å². The molecular weight excluding hydrogens is 484 g/mol. The number of hydrogen-bond donors (Lipinski definition) is 1. The molecule has 0 amide bonds. The van der Waals surface area contributed by atoms with Crippen LogP contribution in [0.25, 0.3) is 11.1 Å². The summed E-state index contributed by atoms with van der Waals surface area (Å²) in [5.74, 6) is 0.682. The van der Waals surface area contributed by atoms with Crippen LogP contribution in [0.1, 0.15) is 36.3 Å². The van der Waals surface area contributed by atoms with Crippen LogP contribution in [-0.4, -0.2) is 44.6 Å². The highest BCUT2D eigenvalue weighted by Crippen LogP contribution is 2.26. The van der Waals surface area contributed by atoms with Gasteiger partial charge in [-0.1, -0.05) is 35.0 Å². The predicted molar refractivity (Wildman–Crippen MR) is 131 cm³/mol. The highest BCUT2D eigenvalue weighted by atomic mass is 79.9. The maximum atomic E-state index is 13.5. The first-order chi connectivity index (χ1) is 16.1. The molecule has 0 saturated carbocycles. The Hall–Kier alpha value is -2.88. The molecule has 3 heterocycles. The van der Waals surface area contributed by atoms with Crippen molar-refractivity contribution in [3.63, 3.8) is 0 Å². The van der Waals surface area contributed by atoms with E-state index in [2.05, 4.69) is 55.2 Å². The van der Waals surface area contributed by atoms with Gasteiger partial charge in [-0.25, -0.2) is 9.97 Å². The number of halogens is 1. The molecule has 1 atom stereocenters. The zero-order valence-electron chi connectivity index (χ0n) is 18.7. The van der Waals surface area contributed by atoms with E-state index in [4.69, 9.17) is 9.40 Å². The molecule has 4 rings (SSSR count). The van der Waals surface area contributed by atoms with Crippen molar-refractivity contribution in [1.29, 1.82) is 0 Å². The molecule has 9 heteroatoms. The third kappa shape index (κ3) is 5.38. The second-order valence-corrected chi connectivity index (χ2v) is 8.79. The number of nitrogens with one attached hydrogen (secondary N) is 1. The molecular formula is C24H27BrN6O2.